The summed E-state index contributed by atoms with van der Waals surface area (Å²) in [6.45, 7) is 1.63. The summed E-state index contributed by atoms with van der Waals surface area (Å²) in [4.78, 5) is 24.9. The molecule has 26 heavy (non-hydrogen) atoms. The zero-order chi connectivity index (χ0) is 18.8. The molecule has 138 valence electrons. The van der Waals surface area contributed by atoms with Crippen LogP contribution in [-0.2, 0) is 9.59 Å². The van der Waals surface area contributed by atoms with Crippen LogP contribution in [0.15, 0.2) is 22.6 Å². The fraction of sp³-hybridized carbons (Fsp3) is 0.333. The third-order valence-electron chi connectivity index (χ3n) is 4.03. The van der Waals surface area contributed by atoms with E-state index in [0.717, 1.165) is 0 Å². The Morgan fingerprint density at radius 1 is 1.23 bits per heavy atom. The largest absolute Gasteiger partial charge is 0.502 e. The Labute approximate surface area is 149 Å². The molecule has 1 N–H and O–H groups in total. The molecule has 0 radical (unpaired) electrons. The van der Waals surface area contributed by atoms with Crippen molar-refractivity contribution in [2.24, 2.45) is 0 Å². The normalized spacial score (nSPS) is 13.8. The number of anilines is 1. The average Bonchev–Trinajstić information content (AvgIpc) is 3.18. The smallest absolute Gasteiger partial charge is 0.308 e. The van der Waals surface area contributed by atoms with Gasteiger partial charge in [-0.2, -0.15) is 0 Å². The van der Waals surface area contributed by atoms with Gasteiger partial charge in [-0.1, -0.05) is 0 Å². The van der Waals surface area contributed by atoms with Gasteiger partial charge in [-0.15, -0.1) is 0 Å². The number of carbonyl (C=O) groups excluding carboxylic acids is 2. The van der Waals surface area contributed by atoms with Crippen molar-refractivity contribution in [3.63, 3.8) is 0 Å². The minimum atomic E-state index is -0.632. The van der Waals surface area contributed by atoms with Crippen LogP contribution in [0.5, 0.6) is 23.0 Å². The second kappa shape index (κ2) is 6.99. The second-order valence-electron chi connectivity index (χ2n) is 5.73. The molecule has 1 saturated heterocycles. The summed E-state index contributed by atoms with van der Waals surface area (Å²) in [5.41, 5.74) is 0.478. The second-order valence-corrected chi connectivity index (χ2v) is 5.73. The van der Waals surface area contributed by atoms with Crippen molar-refractivity contribution in [1.29, 1.82) is 0 Å². The molecule has 0 aliphatic carbocycles. The summed E-state index contributed by atoms with van der Waals surface area (Å²) in [5, 5.41) is 10.6. The Kier molecular flexibility index (Phi) is 4.75. The molecule has 1 aliphatic heterocycles. The molecule has 0 atom stereocenters. The van der Waals surface area contributed by atoms with Crippen molar-refractivity contribution in [3.8, 4) is 34.3 Å². The maximum absolute atomic E-state index is 12.1. The highest BCUT2D eigenvalue weighted by Crippen LogP contribution is 2.49. The Balaban J connectivity index is 2.12. The summed E-state index contributed by atoms with van der Waals surface area (Å²) in [6.07, 6.45) is 1.03. The number of ether oxygens (including phenoxy) is 3. The number of hydrogen-bond donors (Lipinski definition) is 1. The molecule has 1 aromatic heterocycles. The number of esters is 1. The SMILES string of the molecule is COc1ccc(-c2oc(N3CCCC3=O)c(OC(C)=O)c2O)cc1OC. The first-order valence-corrected chi connectivity index (χ1v) is 8.03. The first-order chi connectivity index (χ1) is 12.5. The molecule has 1 aliphatic rings. The zero-order valence-electron chi connectivity index (χ0n) is 14.7. The summed E-state index contributed by atoms with van der Waals surface area (Å²) in [7, 11) is 3.00. The topological polar surface area (TPSA) is 98.4 Å². The minimum Gasteiger partial charge on any atom is -0.502 e. The molecule has 3 rings (SSSR count). The number of carbonyl (C=O) groups is 2. The van der Waals surface area contributed by atoms with Crippen LogP contribution in [0.3, 0.4) is 0 Å². The van der Waals surface area contributed by atoms with E-state index < -0.39 is 5.97 Å². The van der Waals surface area contributed by atoms with Gasteiger partial charge < -0.3 is 23.7 Å². The van der Waals surface area contributed by atoms with Crippen LogP contribution in [0.1, 0.15) is 19.8 Å². The molecule has 2 aromatic rings. The van der Waals surface area contributed by atoms with E-state index in [0.29, 0.717) is 36.4 Å². The Morgan fingerprint density at radius 3 is 2.54 bits per heavy atom. The molecular weight excluding hydrogens is 342 g/mol. The maximum Gasteiger partial charge on any atom is 0.308 e. The van der Waals surface area contributed by atoms with Gasteiger partial charge in [-0.25, -0.2) is 0 Å². The first kappa shape index (κ1) is 17.7. The number of hydrogen-bond acceptors (Lipinski definition) is 7. The van der Waals surface area contributed by atoms with Crippen LogP contribution in [0.2, 0.25) is 0 Å². The molecule has 8 nitrogen and oxygen atoms in total. The molecule has 0 unspecified atom stereocenters. The number of furan rings is 1. The molecule has 1 aromatic carbocycles. The van der Waals surface area contributed by atoms with Crippen LogP contribution in [0.4, 0.5) is 5.88 Å². The molecule has 0 bridgehead atoms. The van der Waals surface area contributed by atoms with Gasteiger partial charge in [-0.05, 0) is 24.6 Å². The predicted molar refractivity (Wildman–Crippen MR) is 91.8 cm³/mol. The number of amides is 1. The molecule has 0 spiro atoms. The van der Waals surface area contributed by atoms with Crippen molar-refractivity contribution in [2.75, 3.05) is 25.7 Å². The van der Waals surface area contributed by atoms with E-state index in [1.54, 1.807) is 18.2 Å². The Hall–Kier alpha value is -3.16. The number of benzene rings is 1. The minimum absolute atomic E-state index is 0.0185. The summed E-state index contributed by atoms with van der Waals surface area (Å²) >= 11 is 0. The highest BCUT2D eigenvalue weighted by molar-refractivity contribution is 5.97. The highest BCUT2D eigenvalue weighted by Gasteiger charge is 2.33. The van der Waals surface area contributed by atoms with E-state index in [4.69, 9.17) is 18.6 Å². The fourth-order valence-electron chi connectivity index (χ4n) is 2.85. The lowest BCUT2D eigenvalue weighted by Gasteiger charge is -2.13. The van der Waals surface area contributed by atoms with Crippen LogP contribution < -0.4 is 19.1 Å². The van der Waals surface area contributed by atoms with Crippen molar-refractivity contribution >= 4 is 17.8 Å². The van der Waals surface area contributed by atoms with E-state index in [1.807, 2.05) is 0 Å². The van der Waals surface area contributed by atoms with Crippen molar-refractivity contribution in [3.05, 3.63) is 18.2 Å². The maximum atomic E-state index is 12.1. The van der Waals surface area contributed by atoms with Gasteiger partial charge >= 0.3 is 5.97 Å². The standard InChI is InChI=1S/C18H19NO7/c1-10(20)25-17-15(22)16(26-18(17)19-8-4-5-14(19)21)11-6-7-12(23-2)13(9-11)24-3/h6-7,9,22H,4-5,8H2,1-3H3. The number of nitrogens with zero attached hydrogens (tertiary/aromatic N) is 1. The lowest BCUT2D eigenvalue weighted by molar-refractivity contribution is -0.132. The Bertz CT molecular complexity index is 855. The number of rotatable bonds is 5. The van der Waals surface area contributed by atoms with Crippen LogP contribution in [0, 0.1) is 0 Å². The predicted octanol–water partition coefficient (Wildman–Crippen LogP) is 2.72. The van der Waals surface area contributed by atoms with E-state index in [9.17, 15) is 14.7 Å². The van der Waals surface area contributed by atoms with E-state index in [2.05, 4.69) is 0 Å². The summed E-state index contributed by atoms with van der Waals surface area (Å²) < 4.78 is 21.3. The third kappa shape index (κ3) is 3.05. The number of aromatic hydroxyl groups is 1. The van der Waals surface area contributed by atoms with Gasteiger partial charge in [0.2, 0.25) is 17.4 Å². The van der Waals surface area contributed by atoms with Gasteiger partial charge in [0.1, 0.15) is 0 Å². The summed E-state index contributed by atoms with van der Waals surface area (Å²) in [6, 6.07) is 4.93. The van der Waals surface area contributed by atoms with Crippen LogP contribution in [0.25, 0.3) is 11.3 Å². The van der Waals surface area contributed by atoms with Gasteiger partial charge in [0.05, 0.1) is 14.2 Å². The molecule has 8 heteroatoms. The molecule has 2 heterocycles. The van der Waals surface area contributed by atoms with Crippen LogP contribution >= 0.6 is 0 Å². The van der Waals surface area contributed by atoms with Gasteiger partial charge in [-0.3, -0.25) is 14.5 Å². The Morgan fingerprint density at radius 2 is 1.96 bits per heavy atom. The lowest BCUT2D eigenvalue weighted by atomic mass is 10.1. The van der Waals surface area contributed by atoms with Crippen molar-refractivity contribution < 1.29 is 33.3 Å². The molecule has 1 fully saturated rings. The lowest BCUT2D eigenvalue weighted by Crippen LogP contribution is -2.24. The van der Waals surface area contributed by atoms with Crippen molar-refractivity contribution in [1.82, 2.24) is 0 Å². The molecular formula is C18H19NO7. The molecule has 1 amide bonds. The van der Waals surface area contributed by atoms with Gasteiger partial charge in [0.15, 0.2) is 17.3 Å². The first-order valence-electron chi connectivity index (χ1n) is 8.03. The molecule has 0 saturated carbocycles. The van der Waals surface area contributed by atoms with Crippen molar-refractivity contribution in [2.45, 2.75) is 19.8 Å². The quantitative estimate of drug-likeness (QED) is 0.818. The monoisotopic (exact) mass is 361 g/mol. The van der Waals surface area contributed by atoms with E-state index >= 15 is 0 Å². The van der Waals surface area contributed by atoms with Gasteiger partial charge in [0, 0.05) is 25.5 Å². The third-order valence-corrected chi connectivity index (χ3v) is 4.03. The zero-order valence-corrected chi connectivity index (χ0v) is 14.7. The van der Waals surface area contributed by atoms with E-state index in [1.165, 1.54) is 26.0 Å². The van der Waals surface area contributed by atoms with Crippen LogP contribution in [-0.4, -0.2) is 37.7 Å². The number of methoxy groups -OCH3 is 2. The fourth-order valence-corrected chi connectivity index (χ4v) is 2.85. The summed E-state index contributed by atoms with van der Waals surface area (Å²) in [5.74, 6) is -0.286. The van der Waals surface area contributed by atoms with Gasteiger partial charge in [0.25, 0.3) is 5.88 Å². The van der Waals surface area contributed by atoms with E-state index in [-0.39, 0.29) is 29.1 Å². The average molecular weight is 361 g/mol. The highest BCUT2D eigenvalue weighted by atomic mass is 16.6.